The van der Waals surface area contributed by atoms with Gasteiger partial charge in [0.15, 0.2) is 0 Å². The minimum atomic E-state index is -1.04. The standard InChI is InChI=1S/C9H15BNO4/c1-5(11-10)7(13)8-6(12)4-14-9(2,3)15-8/h5,7-8,13H,4H2,1-3H3/t5-,7+,8-/m1/s1. The van der Waals surface area contributed by atoms with Gasteiger partial charge in [0.25, 0.3) is 0 Å². The van der Waals surface area contributed by atoms with E-state index in [0.717, 1.165) is 0 Å². The van der Waals surface area contributed by atoms with Crippen molar-refractivity contribution in [3.63, 3.8) is 0 Å². The third-order valence-corrected chi connectivity index (χ3v) is 2.33. The molecule has 0 unspecified atom stereocenters. The van der Waals surface area contributed by atoms with Gasteiger partial charge in [-0.2, -0.15) is 0 Å². The molecule has 0 amide bonds. The van der Waals surface area contributed by atoms with Gasteiger partial charge in [-0.15, -0.1) is 0 Å². The molecule has 1 N–H and O–H groups in total. The van der Waals surface area contributed by atoms with Crippen LogP contribution >= 0.6 is 0 Å². The van der Waals surface area contributed by atoms with Crippen LogP contribution in [0.2, 0.25) is 0 Å². The van der Waals surface area contributed by atoms with Crippen LogP contribution in [0.25, 0.3) is 0 Å². The van der Waals surface area contributed by atoms with Gasteiger partial charge in [0, 0.05) is 0 Å². The SMILES string of the molecule is [B]=N[C@H](C)[C@H](O)[C@@H]1OC(C)(C)OCC1=O. The number of aliphatic hydroxyl groups excluding tert-OH is 1. The summed E-state index contributed by atoms with van der Waals surface area (Å²) < 4.78 is 10.5. The van der Waals surface area contributed by atoms with Gasteiger partial charge in [-0.3, -0.25) is 0 Å². The number of aliphatic hydroxyl groups is 1. The Morgan fingerprint density at radius 3 is 2.80 bits per heavy atom. The predicted octanol–water partition coefficient (Wildman–Crippen LogP) is -0.192. The maximum atomic E-state index is 11.5. The first-order valence-electron chi connectivity index (χ1n) is 4.80. The number of carbonyl (C=O) groups excluding carboxylic acids is 1. The molecular formula is C9H15BNO4. The molecule has 0 saturated carbocycles. The quantitative estimate of drug-likeness (QED) is 0.658. The van der Waals surface area contributed by atoms with Gasteiger partial charge in [-0.25, -0.2) is 0 Å². The number of ether oxygens (including phenoxy) is 2. The molecule has 3 atom stereocenters. The van der Waals surface area contributed by atoms with Crippen LogP contribution in [0.3, 0.4) is 0 Å². The van der Waals surface area contributed by atoms with Gasteiger partial charge in [-0.05, 0) is 0 Å². The van der Waals surface area contributed by atoms with Crippen LogP contribution in [0.1, 0.15) is 20.8 Å². The van der Waals surface area contributed by atoms with Crippen molar-refractivity contribution in [2.24, 2.45) is 4.90 Å². The third kappa shape index (κ3) is 2.93. The average Bonchev–Trinajstić information content (AvgIpc) is 2.19. The maximum absolute atomic E-state index is 11.5. The monoisotopic (exact) mass is 212 g/mol. The topological polar surface area (TPSA) is 68.1 Å². The molecule has 0 bridgehead atoms. The molecule has 0 aromatic rings. The van der Waals surface area contributed by atoms with Crippen molar-refractivity contribution < 1.29 is 19.4 Å². The molecular weight excluding hydrogens is 197 g/mol. The van der Waals surface area contributed by atoms with Crippen molar-refractivity contribution in [3.8, 4) is 0 Å². The Balaban J connectivity index is 2.74. The van der Waals surface area contributed by atoms with Crippen LogP contribution < -0.4 is 0 Å². The van der Waals surface area contributed by atoms with E-state index in [4.69, 9.17) is 17.1 Å². The van der Waals surface area contributed by atoms with Crippen molar-refractivity contribution in [2.75, 3.05) is 6.61 Å². The summed E-state index contributed by atoms with van der Waals surface area (Å²) in [6, 6.07) is -0.548. The zero-order chi connectivity index (χ0) is 11.6. The second kappa shape index (κ2) is 4.51. The van der Waals surface area contributed by atoms with Gasteiger partial charge >= 0.3 is 89.1 Å². The van der Waals surface area contributed by atoms with Crippen molar-refractivity contribution in [1.29, 1.82) is 0 Å². The normalized spacial score (nSPS) is 29.5. The minimum absolute atomic E-state index is 0.0635. The zero-order valence-corrected chi connectivity index (χ0v) is 9.14. The number of nitrogens with zero attached hydrogens (tertiary/aromatic N) is 1. The van der Waals surface area contributed by atoms with Crippen LogP contribution in [0.4, 0.5) is 0 Å². The molecule has 15 heavy (non-hydrogen) atoms. The Morgan fingerprint density at radius 1 is 1.67 bits per heavy atom. The summed E-state index contributed by atoms with van der Waals surface area (Å²) in [7, 11) is 5.06. The molecule has 1 heterocycles. The molecule has 83 valence electrons. The molecule has 1 radical (unpaired) electrons. The predicted molar refractivity (Wildman–Crippen MR) is 53.6 cm³/mol. The zero-order valence-electron chi connectivity index (χ0n) is 9.14. The molecule has 6 heteroatoms. The van der Waals surface area contributed by atoms with Crippen LogP contribution in [0, 0.1) is 0 Å². The van der Waals surface area contributed by atoms with E-state index >= 15 is 0 Å². The fourth-order valence-electron chi connectivity index (χ4n) is 1.33. The summed E-state index contributed by atoms with van der Waals surface area (Å²) >= 11 is 0. The van der Waals surface area contributed by atoms with E-state index in [-0.39, 0.29) is 12.4 Å². The first-order chi connectivity index (χ1) is 6.87. The van der Waals surface area contributed by atoms with E-state index in [1.807, 2.05) is 0 Å². The van der Waals surface area contributed by atoms with Gasteiger partial charge in [0.05, 0.1) is 0 Å². The fourth-order valence-corrected chi connectivity index (χ4v) is 1.33. The number of rotatable bonds is 3. The Hall–Kier alpha value is -0.585. The third-order valence-electron chi connectivity index (χ3n) is 2.33. The van der Waals surface area contributed by atoms with Crippen LogP contribution in [0.15, 0.2) is 4.90 Å². The summed E-state index contributed by atoms with van der Waals surface area (Å²) in [6.45, 7) is 4.92. The van der Waals surface area contributed by atoms with Crippen molar-refractivity contribution in [1.82, 2.24) is 0 Å². The summed E-state index contributed by atoms with van der Waals surface area (Å²) in [5.74, 6) is -1.16. The van der Waals surface area contributed by atoms with E-state index in [1.54, 1.807) is 20.8 Å². The number of hydrogen-bond donors (Lipinski definition) is 1. The molecule has 0 spiro atoms. The first-order valence-corrected chi connectivity index (χ1v) is 4.80. The van der Waals surface area contributed by atoms with Gasteiger partial charge in [0.1, 0.15) is 0 Å². The van der Waals surface area contributed by atoms with Gasteiger partial charge in [0.2, 0.25) is 0 Å². The number of Topliss-reactive ketones (excluding diaryl/α,β-unsaturated/α-hetero) is 1. The molecule has 1 aliphatic rings. The van der Waals surface area contributed by atoms with Gasteiger partial charge in [-0.1, -0.05) is 0 Å². The second-order valence-electron chi connectivity index (χ2n) is 4.07. The molecule has 1 rings (SSSR count). The Labute approximate surface area is 89.9 Å². The van der Waals surface area contributed by atoms with Gasteiger partial charge < -0.3 is 0 Å². The van der Waals surface area contributed by atoms with E-state index in [2.05, 4.69) is 4.90 Å². The van der Waals surface area contributed by atoms with Crippen molar-refractivity contribution >= 4 is 13.4 Å². The molecule has 1 fully saturated rings. The van der Waals surface area contributed by atoms with E-state index < -0.39 is 24.0 Å². The van der Waals surface area contributed by atoms with Crippen molar-refractivity contribution in [3.05, 3.63) is 0 Å². The average molecular weight is 212 g/mol. The Morgan fingerprint density at radius 2 is 2.27 bits per heavy atom. The van der Waals surface area contributed by atoms with Crippen LogP contribution in [0.5, 0.6) is 0 Å². The fraction of sp³-hybridized carbons (Fsp3) is 0.889. The number of ketones is 1. The Bertz CT molecular complexity index is 269. The summed E-state index contributed by atoms with van der Waals surface area (Å²) in [5.41, 5.74) is 0. The molecule has 5 nitrogen and oxygen atoms in total. The van der Waals surface area contributed by atoms with E-state index in [1.165, 1.54) is 0 Å². The number of hydrogen-bond acceptors (Lipinski definition) is 5. The van der Waals surface area contributed by atoms with Crippen molar-refractivity contribution in [2.45, 2.75) is 44.8 Å². The molecule has 0 aromatic heterocycles. The molecule has 1 aliphatic heterocycles. The van der Waals surface area contributed by atoms with E-state index in [9.17, 15) is 9.90 Å². The summed E-state index contributed by atoms with van der Waals surface area (Å²) in [5, 5.41) is 9.77. The summed E-state index contributed by atoms with van der Waals surface area (Å²) in [6.07, 6.45) is -1.96. The summed E-state index contributed by atoms with van der Waals surface area (Å²) in [4.78, 5) is 14.9. The molecule has 1 saturated heterocycles. The molecule has 0 aliphatic carbocycles. The second-order valence-corrected chi connectivity index (χ2v) is 4.07. The Kier molecular flexibility index (Phi) is 3.75. The molecule has 0 aromatic carbocycles. The number of carbonyl (C=O) groups is 1. The van der Waals surface area contributed by atoms with Crippen LogP contribution in [-0.4, -0.2) is 49.2 Å². The van der Waals surface area contributed by atoms with E-state index in [0.29, 0.717) is 0 Å². The van der Waals surface area contributed by atoms with Crippen LogP contribution in [-0.2, 0) is 14.3 Å². The first kappa shape index (κ1) is 12.5.